The number of hydrogen-bond acceptors (Lipinski definition) is 4. The zero-order valence-electron chi connectivity index (χ0n) is 14.1. The van der Waals surface area contributed by atoms with Gasteiger partial charge in [0.1, 0.15) is 18.1 Å². The molecule has 122 valence electrons. The van der Waals surface area contributed by atoms with Crippen molar-refractivity contribution in [2.45, 2.75) is 53.2 Å². The van der Waals surface area contributed by atoms with Gasteiger partial charge in [-0.2, -0.15) is 0 Å². The smallest absolute Gasteiger partial charge is 0.331 e. The van der Waals surface area contributed by atoms with E-state index in [4.69, 9.17) is 14.2 Å². The van der Waals surface area contributed by atoms with Crippen molar-refractivity contribution in [3.63, 3.8) is 0 Å². The minimum absolute atomic E-state index is 0.115. The molecule has 0 N–H and O–H groups in total. The van der Waals surface area contributed by atoms with Crippen LogP contribution in [0.25, 0.3) is 0 Å². The van der Waals surface area contributed by atoms with E-state index < -0.39 is 0 Å². The molecule has 0 heterocycles. The standard InChI is InChI=1S/C18H26O4/c1-6-15(5)22-17-9-7-16(8-10-17)20-12-14(4)11-18(19)21-13(2)3/h7-11,13,15H,6,12H2,1-5H3. The van der Waals surface area contributed by atoms with E-state index in [-0.39, 0.29) is 18.2 Å². The van der Waals surface area contributed by atoms with Gasteiger partial charge in [0.25, 0.3) is 0 Å². The maximum Gasteiger partial charge on any atom is 0.331 e. The van der Waals surface area contributed by atoms with Gasteiger partial charge in [0.2, 0.25) is 0 Å². The summed E-state index contributed by atoms with van der Waals surface area (Å²) in [4.78, 5) is 11.5. The van der Waals surface area contributed by atoms with Crippen LogP contribution >= 0.6 is 0 Å². The molecule has 1 aromatic carbocycles. The molecule has 22 heavy (non-hydrogen) atoms. The van der Waals surface area contributed by atoms with Crippen molar-refractivity contribution in [3.8, 4) is 11.5 Å². The molecular weight excluding hydrogens is 280 g/mol. The highest BCUT2D eigenvalue weighted by atomic mass is 16.5. The summed E-state index contributed by atoms with van der Waals surface area (Å²) in [6.07, 6.45) is 2.51. The Balaban J connectivity index is 2.47. The summed E-state index contributed by atoms with van der Waals surface area (Å²) < 4.78 is 16.4. The highest BCUT2D eigenvalue weighted by Gasteiger charge is 2.04. The van der Waals surface area contributed by atoms with Crippen LogP contribution in [0.4, 0.5) is 0 Å². The molecule has 0 aliphatic carbocycles. The zero-order valence-corrected chi connectivity index (χ0v) is 14.1. The molecule has 1 rings (SSSR count). The first-order chi connectivity index (χ1) is 10.4. The van der Waals surface area contributed by atoms with Gasteiger partial charge >= 0.3 is 5.97 Å². The van der Waals surface area contributed by atoms with Crippen LogP contribution in [0.3, 0.4) is 0 Å². The first-order valence-corrected chi connectivity index (χ1v) is 7.68. The number of ether oxygens (including phenoxy) is 3. The third-order valence-electron chi connectivity index (χ3n) is 2.92. The second-order valence-corrected chi connectivity index (χ2v) is 5.57. The Bertz CT molecular complexity index is 488. The summed E-state index contributed by atoms with van der Waals surface area (Å²) in [5.41, 5.74) is 0.811. The summed E-state index contributed by atoms with van der Waals surface area (Å²) in [6, 6.07) is 7.48. The molecule has 1 unspecified atom stereocenters. The predicted molar refractivity (Wildman–Crippen MR) is 87.3 cm³/mol. The molecule has 0 radical (unpaired) electrons. The molecule has 4 nitrogen and oxygen atoms in total. The minimum Gasteiger partial charge on any atom is -0.491 e. The number of carbonyl (C=O) groups is 1. The predicted octanol–water partition coefficient (Wildman–Crippen LogP) is 4.14. The molecule has 1 atom stereocenters. The van der Waals surface area contributed by atoms with Crippen molar-refractivity contribution in [1.82, 2.24) is 0 Å². The monoisotopic (exact) mass is 306 g/mol. The number of carbonyl (C=O) groups excluding carboxylic acids is 1. The zero-order chi connectivity index (χ0) is 16.5. The Hall–Kier alpha value is -1.97. The molecule has 0 aliphatic heterocycles. The fraction of sp³-hybridized carbons (Fsp3) is 0.500. The lowest BCUT2D eigenvalue weighted by molar-refractivity contribution is -0.141. The average molecular weight is 306 g/mol. The van der Waals surface area contributed by atoms with E-state index in [9.17, 15) is 4.79 Å². The molecule has 0 fully saturated rings. The van der Waals surface area contributed by atoms with Gasteiger partial charge in [-0.1, -0.05) is 6.92 Å². The first kappa shape index (κ1) is 18.1. The van der Waals surface area contributed by atoms with E-state index in [2.05, 4.69) is 6.92 Å². The summed E-state index contributed by atoms with van der Waals surface area (Å²) >= 11 is 0. The van der Waals surface area contributed by atoms with Crippen LogP contribution in [0, 0.1) is 0 Å². The maximum atomic E-state index is 11.5. The Labute approximate surface area is 133 Å². The molecule has 4 heteroatoms. The molecule has 0 bridgehead atoms. The second-order valence-electron chi connectivity index (χ2n) is 5.57. The SMILES string of the molecule is CCC(C)Oc1ccc(OCC(C)=CC(=O)OC(C)C)cc1. The highest BCUT2D eigenvalue weighted by molar-refractivity contribution is 5.82. The number of benzene rings is 1. The summed E-state index contributed by atoms with van der Waals surface area (Å²) in [6.45, 7) is 9.94. The van der Waals surface area contributed by atoms with Gasteiger partial charge in [-0.15, -0.1) is 0 Å². The highest BCUT2D eigenvalue weighted by Crippen LogP contribution is 2.19. The van der Waals surface area contributed by atoms with Crippen LogP contribution in [0.1, 0.15) is 41.0 Å². The van der Waals surface area contributed by atoms with Crippen molar-refractivity contribution in [2.75, 3.05) is 6.61 Å². The lowest BCUT2D eigenvalue weighted by atomic mass is 10.3. The average Bonchev–Trinajstić information content (AvgIpc) is 2.45. The third kappa shape index (κ3) is 7.16. The van der Waals surface area contributed by atoms with Crippen molar-refractivity contribution >= 4 is 5.97 Å². The van der Waals surface area contributed by atoms with Gasteiger partial charge in [0, 0.05) is 6.08 Å². The van der Waals surface area contributed by atoms with Crippen molar-refractivity contribution in [2.24, 2.45) is 0 Å². The summed E-state index contributed by atoms with van der Waals surface area (Å²) in [7, 11) is 0. The van der Waals surface area contributed by atoms with Gasteiger partial charge in [-0.25, -0.2) is 4.79 Å². The van der Waals surface area contributed by atoms with Gasteiger partial charge in [0.05, 0.1) is 12.2 Å². The van der Waals surface area contributed by atoms with E-state index in [0.29, 0.717) is 6.61 Å². The summed E-state index contributed by atoms with van der Waals surface area (Å²) in [5.74, 6) is 1.23. The largest absolute Gasteiger partial charge is 0.491 e. The van der Waals surface area contributed by atoms with Gasteiger partial charge in [0.15, 0.2) is 0 Å². The van der Waals surface area contributed by atoms with E-state index in [1.165, 1.54) is 6.08 Å². The molecular formula is C18H26O4. The second kappa shape index (κ2) is 9.13. The Morgan fingerprint density at radius 2 is 1.73 bits per heavy atom. The number of hydrogen-bond donors (Lipinski definition) is 0. The lowest BCUT2D eigenvalue weighted by Gasteiger charge is -2.13. The maximum absolute atomic E-state index is 11.5. The molecule has 1 aromatic rings. The van der Waals surface area contributed by atoms with Crippen molar-refractivity contribution in [1.29, 1.82) is 0 Å². The fourth-order valence-electron chi connectivity index (χ4n) is 1.64. The van der Waals surface area contributed by atoms with Crippen LogP contribution in [-0.4, -0.2) is 24.8 Å². The van der Waals surface area contributed by atoms with Gasteiger partial charge in [-0.3, -0.25) is 0 Å². The minimum atomic E-state index is -0.339. The third-order valence-corrected chi connectivity index (χ3v) is 2.92. The van der Waals surface area contributed by atoms with E-state index in [1.807, 2.05) is 52.0 Å². The Kier molecular flexibility index (Phi) is 7.50. The molecule has 0 saturated carbocycles. The topological polar surface area (TPSA) is 44.8 Å². The molecule has 0 aliphatic rings. The number of rotatable bonds is 8. The van der Waals surface area contributed by atoms with Crippen LogP contribution < -0.4 is 9.47 Å². The normalized spacial score (nSPS) is 12.9. The van der Waals surface area contributed by atoms with Gasteiger partial charge < -0.3 is 14.2 Å². The molecule has 0 saturated heterocycles. The molecule has 0 aromatic heterocycles. The van der Waals surface area contributed by atoms with E-state index >= 15 is 0 Å². The van der Waals surface area contributed by atoms with E-state index in [1.54, 1.807) is 0 Å². The fourth-order valence-corrected chi connectivity index (χ4v) is 1.64. The lowest BCUT2D eigenvalue weighted by Crippen LogP contribution is -2.10. The Morgan fingerprint density at radius 1 is 1.14 bits per heavy atom. The van der Waals surface area contributed by atoms with Gasteiger partial charge in [-0.05, 0) is 64.0 Å². The van der Waals surface area contributed by atoms with Crippen molar-refractivity contribution < 1.29 is 19.0 Å². The van der Waals surface area contributed by atoms with Crippen molar-refractivity contribution in [3.05, 3.63) is 35.9 Å². The van der Waals surface area contributed by atoms with E-state index in [0.717, 1.165) is 23.5 Å². The summed E-state index contributed by atoms with van der Waals surface area (Å²) in [5, 5.41) is 0. The quantitative estimate of drug-likeness (QED) is 0.535. The van der Waals surface area contributed by atoms with Crippen LogP contribution in [0.2, 0.25) is 0 Å². The first-order valence-electron chi connectivity index (χ1n) is 7.68. The van der Waals surface area contributed by atoms with Crippen LogP contribution in [0.5, 0.6) is 11.5 Å². The molecule has 0 amide bonds. The Morgan fingerprint density at radius 3 is 2.27 bits per heavy atom. The number of esters is 1. The molecule has 0 spiro atoms. The van der Waals surface area contributed by atoms with Crippen LogP contribution in [-0.2, 0) is 9.53 Å². The van der Waals surface area contributed by atoms with Crippen LogP contribution in [0.15, 0.2) is 35.9 Å².